The number of carboxylic acids is 1. The fraction of sp³-hybridized carbons (Fsp3) is 0.385. The number of methoxy groups -OCH3 is 1. The first-order chi connectivity index (χ1) is 8.61. The number of esters is 1. The topological polar surface area (TPSA) is 75.6 Å². The maximum Gasteiger partial charge on any atom is 0.307 e. The molecule has 5 nitrogen and oxygen atoms in total. The molecule has 0 aromatic heterocycles. The van der Waals surface area contributed by atoms with Gasteiger partial charge in [0.05, 0.1) is 20.0 Å². The molecule has 0 aliphatic rings. The van der Waals surface area contributed by atoms with Crippen LogP contribution in [-0.4, -0.2) is 30.7 Å². The Hall–Kier alpha value is -1.88. The highest BCUT2D eigenvalue weighted by atomic mass is 16.5. The molecule has 1 aromatic rings. The van der Waals surface area contributed by atoms with E-state index in [1.165, 1.54) is 7.11 Å². The zero-order valence-corrected chi connectivity index (χ0v) is 10.3. The van der Waals surface area contributed by atoms with Crippen molar-refractivity contribution in [3.05, 3.63) is 35.4 Å². The van der Waals surface area contributed by atoms with Crippen LogP contribution in [0.2, 0.25) is 0 Å². The van der Waals surface area contributed by atoms with Gasteiger partial charge in [-0.3, -0.25) is 9.59 Å². The summed E-state index contributed by atoms with van der Waals surface area (Å²) < 4.78 is 4.52. The zero-order chi connectivity index (χ0) is 13.4. The second-order valence-electron chi connectivity index (χ2n) is 3.89. The van der Waals surface area contributed by atoms with E-state index in [0.717, 1.165) is 11.1 Å². The molecule has 0 heterocycles. The molecule has 1 aromatic carbocycles. The first-order valence-corrected chi connectivity index (χ1v) is 5.69. The number of carbonyl (C=O) groups is 2. The van der Waals surface area contributed by atoms with E-state index < -0.39 is 5.97 Å². The van der Waals surface area contributed by atoms with E-state index in [1.54, 1.807) is 12.1 Å². The van der Waals surface area contributed by atoms with Gasteiger partial charge < -0.3 is 15.2 Å². The van der Waals surface area contributed by atoms with Gasteiger partial charge in [0.15, 0.2) is 0 Å². The van der Waals surface area contributed by atoms with Gasteiger partial charge in [0.2, 0.25) is 0 Å². The summed E-state index contributed by atoms with van der Waals surface area (Å²) in [6.07, 6.45) is 0.379. The summed E-state index contributed by atoms with van der Waals surface area (Å²) in [5, 5.41) is 11.7. The molecule has 0 aliphatic heterocycles. The Labute approximate surface area is 106 Å². The predicted octanol–water partition coefficient (Wildman–Crippen LogP) is 0.966. The molecule has 1 rings (SSSR count). The second-order valence-corrected chi connectivity index (χ2v) is 3.89. The fourth-order valence-corrected chi connectivity index (χ4v) is 1.47. The molecular formula is C13H17NO4. The molecule has 98 valence electrons. The minimum atomic E-state index is -0.834. The normalized spacial score (nSPS) is 10.1. The van der Waals surface area contributed by atoms with Crippen LogP contribution < -0.4 is 5.32 Å². The molecule has 0 fully saturated rings. The van der Waals surface area contributed by atoms with Crippen molar-refractivity contribution in [2.24, 2.45) is 0 Å². The quantitative estimate of drug-likeness (QED) is 0.558. The number of benzene rings is 1. The maximum atomic E-state index is 10.9. The Morgan fingerprint density at radius 1 is 1.22 bits per heavy atom. The number of hydrogen-bond acceptors (Lipinski definition) is 4. The molecule has 0 radical (unpaired) electrons. The molecule has 18 heavy (non-hydrogen) atoms. The van der Waals surface area contributed by atoms with Gasteiger partial charge in [-0.15, -0.1) is 0 Å². The summed E-state index contributed by atoms with van der Waals surface area (Å²) in [6.45, 7) is 1.20. The van der Waals surface area contributed by atoms with E-state index in [2.05, 4.69) is 10.1 Å². The minimum absolute atomic E-state index is 0.0377. The van der Waals surface area contributed by atoms with Crippen LogP contribution in [0.5, 0.6) is 0 Å². The fourth-order valence-electron chi connectivity index (χ4n) is 1.47. The van der Waals surface area contributed by atoms with Crippen molar-refractivity contribution < 1.29 is 19.4 Å². The highest BCUT2D eigenvalue weighted by molar-refractivity contribution is 5.70. The highest BCUT2D eigenvalue weighted by Gasteiger charge is 2.01. The minimum Gasteiger partial charge on any atom is -0.481 e. The van der Waals surface area contributed by atoms with Crippen LogP contribution in [-0.2, 0) is 27.3 Å². The van der Waals surface area contributed by atoms with E-state index in [0.29, 0.717) is 19.5 Å². The van der Waals surface area contributed by atoms with E-state index in [4.69, 9.17) is 5.11 Å². The molecular weight excluding hydrogens is 234 g/mol. The summed E-state index contributed by atoms with van der Waals surface area (Å²) in [7, 11) is 1.36. The van der Waals surface area contributed by atoms with Gasteiger partial charge >= 0.3 is 11.9 Å². The predicted molar refractivity (Wildman–Crippen MR) is 66.1 cm³/mol. The number of ether oxygens (including phenoxy) is 1. The Morgan fingerprint density at radius 3 is 2.39 bits per heavy atom. The van der Waals surface area contributed by atoms with E-state index in [1.807, 2.05) is 12.1 Å². The van der Waals surface area contributed by atoms with E-state index in [-0.39, 0.29) is 12.4 Å². The monoisotopic (exact) mass is 251 g/mol. The van der Waals surface area contributed by atoms with Crippen molar-refractivity contribution in [3.63, 3.8) is 0 Å². The molecule has 0 aliphatic carbocycles. The van der Waals surface area contributed by atoms with Crippen molar-refractivity contribution in [2.45, 2.75) is 19.4 Å². The van der Waals surface area contributed by atoms with Gasteiger partial charge in [-0.1, -0.05) is 24.3 Å². The molecule has 0 saturated carbocycles. The number of carbonyl (C=O) groups excluding carboxylic acids is 1. The lowest BCUT2D eigenvalue weighted by molar-refractivity contribution is -0.140. The van der Waals surface area contributed by atoms with Crippen LogP contribution in [0.4, 0.5) is 0 Å². The van der Waals surface area contributed by atoms with Gasteiger partial charge in [-0.2, -0.15) is 0 Å². The third-order valence-corrected chi connectivity index (χ3v) is 2.44. The molecule has 0 atom stereocenters. The van der Waals surface area contributed by atoms with Crippen LogP contribution in [0.25, 0.3) is 0 Å². The molecule has 0 bridgehead atoms. The second kappa shape index (κ2) is 7.45. The van der Waals surface area contributed by atoms with Crippen molar-refractivity contribution in [1.29, 1.82) is 0 Å². The highest BCUT2D eigenvalue weighted by Crippen LogP contribution is 2.05. The van der Waals surface area contributed by atoms with Crippen molar-refractivity contribution in [2.75, 3.05) is 13.7 Å². The Morgan fingerprint density at radius 2 is 1.83 bits per heavy atom. The van der Waals surface area contributed by atoms with Crippen LogP contribution in [0.3, 0.4) is 0 Å². The van der Waals surface area contributed by atoms with Gasteiger partial charge in [0.1, 0.15) is 0 Å². The van der Waals surface area contributed by atoms with Crippen LogP contribution in [0.15, 0.2) is 24.3 Å². The molecule has 0 saturated heterocycles. The number of aliphatic carboxylic acids is 1. The van der Waals surface area contributed by atoms with E-state index >= 15 is 0 Å². The van der Waals surface area contributed by atoms with Gasteiger partial charge in [0.25, 0.3) is 0 Å². The van der Waals surface area contributed by atoms with Crippen LogP contribution in [0.1, 0.15) is 17.5 Å². The number of rotatable bonds is 7. The Balaban J connectivity index is 2.31. The Bertz CT molecular complexity index is 400. The lowest BCUT2D eigenvalue weighted by Crippen LogP contribution is -2.18. The third-order valence-electron chi connectivity index (χ3n) is 2.44. The third kappa shape index (κ3) is 5.45. The lowest BCUT2D eigenvalue weighted by Gasteiger charge is -2.05. The zero-order valence-electron chi connectivity index (χ0n) is 10.3. The lowest BCUT2D eigenvalue weighted by atomic mass is 10.1. The first kappa shape index (κ1) is 14.2. The molecule has 0 spiro atoms. The molecule has 0 amide bonds. The van der Waals surface area contributed by atoms with Crippen LogP contribution >= 0.6 is 0 Å². The summed E-state index contributed by atoms with van der Waals surface area (Å²) in [5.41, 5.74) is 1.83. The van der Waals surface area contributed by atoms with Gasteiger partial charge in [0, 0.05) is 13.1 Å². The smallest absolute Gasteiger partial charge is 0.307 e. The molecule has 2 N–H and O–H groups in total. The van der Waals surface area contributed by atoms with Crippen molar-refractivity contribution in [3.8, 4) is 0 Å². The maximum absolute atomic E-state index is 10.9. The molecule has 5 heteroatoms. The van der Waals surface area contributed by atoms with E-state index in [9.17, 15) is 9.59 Å². The summed E-state index contributed by atoms with van der Waals surface area (Å²) in [4.78, 5) is 21.4. The average molecular weight is 251 g/mol. The standard InChI is InChI=1S/C13H17NO4/c1-18-13(17)6-7-14-9-11-4-2-10(3-5-11)8-12(15)16/h2-5,14H,6-9H2,1H3,(H,15,16). The SMILES string of the molecule is COC(=O)CCNCc1ccc(CC(=O)O)cc1. The molecule has 0 unspecified atom stereocenters. The number of carboxylic acid groups (broad SMARTS) is 1. The summed E-state index contributed by atoms with van der Waals surface area (Å²) >= 11 is 0. The summed E-state index contributed by atoms with van der Waals surface area (Å²) in [5.74, 6) is -1.07. The van der Waals surface area contributed by atoms with Gasteiger partial charge in [-0.25, -0.2) is 0 Å². The Kier molecular flexibility index (Phi) is 5.87. The number of nitrogens with one attached hydrogen (secondary N) is 1. The summed E-state index contributed by atoms with van der Waals surface area (Å²) in [6, 6.07) is 7.35. The largest absolute Gasteiger partial charge is 0.481 e. The number of hydrogen-bond donors (Lipinski definition) is 2. The van der Waals surface area contributed by atoms with Gasteiger partial charge in [-0.05, 0) is 11.1 Å². The van der Waals surface area contributed by atoms with Crippen LogP contribution in [0, 0.1) is 0 Å². The first-order valence-electron chi connectivity index (χ1n) is 5.69. The van der Waals surface area contributed by atoms with Crippen molar-refractivity contribution in [1.82, 2.24) is 5.32 Å². The average Bonchev–Trinajstić information content (AvgIpc) is 2.35. The van der Waals surface area contributed by atoms with Crippen molar-refractivity contribution >= 4 is 11.9 Å².